The third-order valence-corrected chi connectivity index (χ3v) is 10.1. The Morgan fingerprint density at radius 1 is 0.551 bits per heavy atom. The minimum Gasteiger partial charge on any atom is -0.315 e. The van der Waals surface area contributed by atoms with Crippen molar-refractivity contribution in [2.24, 2.45) is 0 Å². The molecule has 0 aliphatic heterocycles. The fourth-order valence-electron chi connectivity index (χ4n) is 7.54. The van der Waals surface area contributed by atoms with Crippen LogP contribution in [0.5, 0.6) is 0 Å². The summed E-state index contributed by atoms with van der Waals surface area (Å²) in [6.45, 7) is 4.76. The number of fused-ring (bicyclic) bond motifs is 3. The van der Waals surface area contributed by atoms with Gasteiger partial charge in [-0.25, -0.2) is 0 Å². The van der Waals surface area contributed by atoms with E-state index in [9.17, 15) is 0 Å². The predicted octanol–water partition coefficient (Wildman–Crippen LogP) is 12.9. The van der Waals surface area contributed by atoms with E-state index in [4.69, 9.17) is 0 Å². The molecule has 0 fully saturated rings. The Hall–Kier alpha value is -5.60. The van der Waals surface area contributed by atoms with Gasteiger partial charge in [0.1, 0.15) is 0 Å². The second kappa shape index (κ2) is 13.1. The lowest BCUT2D eigenvalue weighted by atomic mass is 9.81. The average Bonchev–Trinajstić information content (AvgIpc) is 3.38. The first-order chi connectivity index (χ1) is 24.1. The molecule has 0 unspecified atom stereocenters. The molecule has 0 spiro atoms. The lowest BCUT2D eigenvalue weighted by Crippen LogP contribution is -2.23. The third kappa shape index (κ3) is 6.00. The fraction of sp³-hybridized carbons (Fsp3) is 0.149. The molecule has 0 atom stereocenters. The maximum Gasteiger partial charge on any atom is 0.0462 e. The molecule has 0 bridgehead atoms. The fourth-order valence-corrected chi connectivity index (χ4v) is 7.54. The van der Waals surface area contributed by atoms with Gasteiger partial charge >= 0.3 is 0 Å². The van der Waals surface area contributed by atoms with Crippen molar-refractivity contribution >= 4 is 34.9 Å². The zero-order valence-electron chi connectivity index (χ0n) is 28.4. The number of para-hydroxylation sites is 2. The van der Waals surface area contributed by atoms with E-state index >= 15 is 0 Å². The molecular formula is C47H42N2. The molecule has 0 heterocycles. The summed E-state index contributed by atoms with van der Waals surface area (Å²) in [6, 6.07) is 44.0. The molecule has 0 saturated heterocycles. The molecule has 8 rings (SSSR count). The van der Waals surface area contributed by atoms with E-state index in [-0.39, 0.29) is 5.41 Å². The molecule has 3 aliphatic rings. The molecule has 5 aromatic rings. The van der Waals surface area contributed by atoms with Gasteiger partial charge < -0.3 is 9.80 Å². The van der Waals surface area contributed by atoms with Crippen molar-refractivity contribution in [2.75, 3.05) is 9.80 Å². The maximum absolute atomic E-state index is 2.48. The van der Waals surface area contributed by atoms with Crippen LogP contribution in [0.4, 0.5) is 22.7 Å². The van der Waals surface area contributed by atoms with Gasteiger partial charge in [-0.3, -0.25) is 0 Å². The topological polar surface area (TPSA) is 6.48 Å². The van der Waals surface area contributed by atoms with E-state index in [1.54, 1.807) is 0 Å². The molecule has 0 N–H and O–H groups in total. The first-order valence-electron chi connectivity index (χ1n) is 17.6. The number of hydrogen-bond acceptors (Lipinski definition) is 2. The summed E-state index contributed by atoms with van der Waals surface area (Å²) in [7, 11) is 0. The van der Waals surface area contributed by atoms with Gasteiger partial charge in [0.2, 0.25) is 0 Å². The maximum atomic E-state index is 2.48. The van der Waals surface area contributed by atoms with Gasteiger partial charge in [0.15, 0.2) is 0 Å². The van der Waals surface area contributed by atoms with E-state index in [0.29, 0.717) is 0 Å². The number of rotatable bonds is 8. The van der Waals surface area contributed by atoms with E-state index in [2.05, 4.69) is 194 Å². The molecule has 240 valence electrons. The summed E-state index contributed by atoms with van der Waals surface area (Å²) < 4.78 is 0. The van der Waals surface area contributed by atoms with Crippen molar-refractivity contribution in [3.8, 4) is 11.1 Å². The minimum absolute atomic E-state index is 0.103. The second-order valence-corrected chi connectivity index (χ2v) is 13.7. The zero-order valence-corrected chi connectivity index (χ0v) is 28.4. The Morgan fingerprint density at radius 3 is 1.82 bits per heavy atom. The van der Waals surface area contributed by atoms with Crippen LogP contribution in [0, 0.1) is 0 Å². The summed E-state index contributed by atoms with van der Waals surface area (Å²) in [5.74, 6) is 0. The second-order valence-electron chi connectivity index (χ2n) is 13.7. The van der Waals surface area contributed by atoms with Crippen LogP contribution in [0.2, 0.25) is 0 Å². The zero-order chi connectivity index (χ0) is 33.2. The summed E-state index contributed by atoms with van der Waals surface area (Å²) in [5.41, 5.74) is 15.1. The standard InChI is InChI=1S/C47H42N2/c1-47(2)45-33-36(24-23-35-25-28-41(29-26-35)48(37-15-7-3-8-16-37)38-17-9-4-10-18-38)27-31-43(45)44-32-30-42(34-46(44)47)49(39-19-11-5-12-20-39)40-21-13-6-14-22-40/h3-5,7-11,13,15-19,21-34H,6,12,14,20H2,1-2H3/b24-23+. The molecule has 0 amide bonds. The van der Waals surface area contributed by atoms with Crippen molar-refractivity contribution in [3.63, 3.8) is 0 Å². The van der Waals surface area contributed by atoms with Crippen molar-refractivity contribution in [1.82, 2.24) is 0 Å². The molecular weight excluding hydrogens is 593 g/mol. The van der Waals surface area contributed by atoms with Gasteiger partial charge in [-0.2, -0.15) is 0 Å². The summed E-state index contributed by atoms with van der Waals surface area (Å²) in [6.07, 6.45) is 22.6. The Balaban J connectivity index is 1.06. The predicted molar refractivity (Wildman–Crippen MR) is 209 cm³/mol. The molecule has 2 nitrogen and oxygen atoms in total. The van der Waals surface area contributed by atoms with E-state index in [1.165, 1.54) is 50.5 Å². The molecule has 3 aliphatic carbocycles. The molecule has 5 aromatic carbocycles. The van der Waals surface area contributed by atoms with Crippen LogP contribution in [0.3, 0.4) is 0 Å². The number of anilines is 4. The van der Waals surface area contributed by atoms with Crippen LogP contribution in [-0.4, -0.2) is 0 Å². The monoisotopic (exact) mass is 634 g/mol. The third-order valence-electron chi connectivity index (χ3n) is 10.1. The van der Waals surface area contributed by atoms with Gasteiger partial charge in [0, 0.05) is 39.6 Å². The number of benzene rings is 5. The largest absolute Gasteiger partial charge is 0.315 e. The Labute approximate surface area is 291 Å². The summed E-state index contributed by atoms with van der Waals surface area (Å²) in [5, 5.41) is 0. The van der Waals surface area contributed by atoms with Crippen molar-refractivity contribution in [2.45, 2.75) is 44.9 Å². The number of nitrogens with zero attached hydrogens (tertiary/aromatic N) is 2. The van der Waals surface area contributed by atoms with E-state index in [1.807, 2.05) is 0 Å². The lowest BCUT2D eigenvalue weighted by Gasteiger charge is -2.32. The van der Waals surface area contributed by atoms with Gasteiger partial charge in [-0.15, -0.1) is 0 Å². The van der Waals surface area contributed by atoms with Gasteiger partial charge in [0.25, 0.3) is 0 Å². The minimum atomic E-state index is -0.103. The molecule has 0 saturated carbocycles. The highest BCUT2D eigenvalue weighted by atomic mass is 15.2. The van der Waals surface area contributed by atoms with Crippen molar-refractivity contribution in [3.05, 3.63) is 191 Å². The normalized spacial score (nSPS) is 15.8. The average molecular weight is 635 g/mol. The molecule has 49 heavy (non-hydrogen) atoms. The highest BCUT2D eigenvalue weighted by Crippen LogP contribution is 2.50. The first-order valence-corrected chi connectivity index (χ1v) is 17.6. The van der Waals surface area contributed by atoms with E-state index in [0.717, 1.165) is 42.7 Å². The van der Waals surface area contributed by atoms with Crippen molar-refractivity contribution < 1.29 is 0 Å². The Bertz CT molecular complexity index is 2090. The molecule has 0 aromatic heterocycles. The Kier molecular flexibility index (Phi) is 8.23. The smallest absolute Gasteiger partial charge is 0.0462 e. The lowest BCUT2D eigenvalue weighted by molar-refractivity contribution is 0.660. The Morgan fingerprint density at radius 2 is 1.16 bits per heavy atom. The van der Waals surface area contributed by atoms with Gasteiger partial charge in [0.05, 0.1) is 0 Å². The quantitative estimate of drug-likeness (QED) is 0.157. The molecule has 0 radical (unpaired) electrons. The van der Waals surface area contributed by atoms with Crippen LogP contribution >= 0.6 is 0 Å². The summed E-state index contributed by atoms with van der Waals surface area (Å²) in [4.78, 5) is 4.78. The first kappa shape index (κ1) is 30.7. The van der Waals surface area contributed by atoms with Gasteiger partial charge in [-0.1, -0.05) is 123 Å². The van der Waals surface area contributed by atoms with Crippen molar-refractivity contribution in [1.29, 1.82) is 0 Å². The number of allylic oxidation sites excluding steroid dienone is 7. The highest BCUT2D eigenvalue weighted by molar-refractivity contribution is 5.85. The van der Waals surface area contributed by atoms with Crippen LogP contribution in [0.1, 0.15) is 61.8 Å². The SMILES string of the molecule is CC1(C)c2cc(/C=C/c3ccc(N(c4ccccc4)c4ccccc4)cc3)ccc2-c2ccc(N(C3=CCCC=C3)C3=CC=CCC3)cc21. The van der Waals surface area contributed by atoms with Crippen LogP contribution in [-0.2, 0) is 5.41 Å². The summed E-state index contributed by atoms with van der Waals surface area (Å²) >= 11 is 0. The van der Waals surface area contributed by atoms with Crippen LogP contribution in [0.25, 0.3) is 23.3 Å². The molecule has 2 heteroatoms. The van der Waals surface area contributed by atoms with E-state index < -0.39 is 0 Å². The van der Waals surface area contributed by atoms with Crippen LogP contribution in [0.15, 0.2) is 169 Å². The highest BCUT2D eigenvalue weighted by Gasteiger charge is 2.36. The number of hydrogen-bond donors (Lipinski definition) is 0. The van der Waals surface area contributed by atoms with Gasteiger partial charge in [-0.05, 0) is 120 Å². The van der Waals surface area contributed by atoms with Crippen LogP contribution < -0.4 is 9.80 Å².